The second-order valence-electron chi connectivity index (χ2n) is 4.90. The molecule has 1 saturated heterocycles. The van der Waals surface area contributed by atoms with Crippen molar-refractivity contribution >= 4 is 17.4 Å². The molecule has 1 fully saturated rings. The molecule has 1 aliphatic rings. The largest absolute Gasteiger partial charge is 0.369 e. The van der Waals surface area contributed by atoms with Gasteiger partial charge in [-0.15, -0.1) is 0 Å². The van der Waals surface area contributed by atoms with Gasteiger partial charge in [-0.1, -0.05) is 6.92 Å². The maximum Gasteiger partial charge on any atom is 0.0448 e. The molecule has 18 heavy (non-hydrogen) atoms. The van der Waals surface area contributed by atoms with E-state index in [1.165, 1.54) is 23.4 Å². The van der Waals surface area contributed by atoms with Crippen LogP contribution < -0.4 is 10.6 Å². The summed E-state index contributed by atoms with van der Waals surface area (Å²) >= 11 is 2.09. The molecule has 2 heterocycles. The van der Waals surface area contributed by atoms with E-state index in [1.54, 1.807) is 0 Å². The van der Waals surface area contributed by atoms with Gasteiger partial charge in [0.15, 0.2) is 0 Å². The Morgan fingerprint density at radius 2 is 2.28 bits per heavy atom. The van der Waals surface area contributed by atoms with Crippen LogP contribution in [0.5, 0.6) is 0 Å². The Hall–Kier alpha value is -0.740. The third kappa shape index (κ3) is 2.81. The molecule has 0 aromatic carbocycles. The average molecular weight is 265 g/mol. The van der Waals surface area contributed by atoms with E-state index in [-0.39, 0.29) is 0 Å². The predicted octanol–water partition coefficient (Wildman–Crippen LogP) is 2.49. The first kappa shape index (κ1) is 13.7. The lowest BCUT2D eigenvalue weighted by atomic mass is 10.1. The van der Waals surface area contributed by atoms with Crippen LogP contribution in [-0.2, 0) is 6.54 Å². The van der Waals surface area contributed by atoms with Gasteiger partial charge < -0.3 is 10.6 Å². The standard InChI is InChI=1S/C14H23N3S/c1-4-12-9-17(5-6-18-12)14-7-10(2)16-11(3)13(14)8-15/h7,12H,4-6,8-9,15H2,1-3H3. The normalized spacial score (nSPS) is 20.2. The van der Waals surface area contributed by atoms with Gasteiger partial charge in [-0.3, -0.25) is 4.98 Å². The number of nitrogens with zero attached hydrogens (tertiary/aromatic N) is 2. The molecule has 1 aromatic heterocycles. The minimum absolute atomic E-state index is 0.578. The van der Waals surface area contributed by atoms with Gasteiger partial charge in [0.25, 0.3) is 0 Å². The van der Waals surface area contributed by atoms with Crippen LogP contribution in [0.15, 0.2) is 6.07 Å². The molecule has 0 saturated carbocycles. The molecule has 1 unspecified atom stereocenters. The third-order valence-corrected chi connectivity index (χ3v) is 4.95. The molecule has 1 aromatic rings. The maximum absolute atomic E-state index is 5.90. The Labute approximate surface area is 114 Å². The van der Waals surface area contributed by atoms with Crippen molar-refractivity contribution in [2.45, 2.75) is 39.0 Å². The quantitative estimate of drug-likeness (QED) is 0.912. The predicted molar refractivity (Wildman–Crippen MR) is 80.4 cm³/mol. The van der Waals surface area contributed by atoms with Crippen LogP contribution in [0.3, 0.4) is 0 Å². The number of hydrogen-bond acceptors (Lipinski definition) is 4. The van der Waals surface area contributed by atoms with Crippen LogP contribution in [-0.4, -0.2) is 29.1 Å². The van der Waals surface area contributed by atoms with Gasteiger partial charge in [0, 0.05) is 53.3 Å². The number of aryl methyl sites for hydroxylation is 2. The Balaban J connectivity index is 2.31. The van der Waals surface area contributed by atoms with Gasteiger partial charge in [-0.25, -0.2) is 0 Å². The van der Waals surface area contributed by atoms with Crippen LogP contribution in [0.4, 0.5) is 5.69 Å². The highest BCUT2D eigenvalue weighted by Gasteiger charge is 2.21. The second-order valence-corrected chi connectivity index (χ2v) is 6.31. The first-order valence-corrected chi connectivity index (χ1v) is 7.74. The summed E-state index contributed by atoms with van der Waals surface area (Å²) in [7, 11) is 0. The van der Waals surface area contributed by atoms with Crippen LogP contribution in [0.2, 0.25) is 0 Å². The number of thioether (sulfide) groups is 1. The van der Waals surface area contributed by atoms with E-state index < -0.39 is 0 Å². The van der Waals surface area contributed by atoms with E-state index in [9.17, 15) is 0 Å². The maximum atomic E-state index is 5.90. The smallest absolute Gasteiger partial charge is 0.0448 e. The number of hydrogen-bond donors (Lipinski definition) is 1. The lowest BCUT2D eigenvalue weighted by molar-refractivity contribution is 0.722. The van der Waals surface area contributed by atoms with Crippen LogP contribution >= 0.6 is 11.8 Å². The summed E-state index contributed by atoms with van der Waals surface area (Å²) in [5.74, 6) is 1.21. The van der Waals surface area contributed by atoms with Crippen molar-refractivity contribution in [2.24, 2.45) is 5.73 Å². The Morgan fingerprint density at radius 3 is 2.94 bits per heavy atom. The molecular weight excluding hydrogens is 242 g/mol. The Kier molecular flexibility index (Phi) is 4.51. The van der Waals surface area contributed by atoms with E-state index in [1.807, 2.05) is 0 Å². The monoisotopic (exact) mass is 265 g/mol. The number of pyridine rings is 1. The van der Waals surface area contributed by atoms with Gasteiger partial charge in [0.2, 0.25) is 0 Å². The molecule has 2 N–H and O–H groups in total. The van der Waals surface area contributed by atoms with Crippen molar-refractivity contribution in [2.75, 3.05) is 23.7 Å². The van der Waals surface area contributed by atoms with Gasteiger partial charge in [-0.2, -0.15) is 11.8 Å². The first-order valence-electron chi connectivity index (χ1n) is 6.69. The minimum atomic E-state index is 0.578. The number of rotatable bonds is 3. The van der Waals surface area contributed by atoms with Crippen molar-refractivity contribution in [3.05, 3.63) is 23.0 Å². The molecular formula is C14H23N3S. The van der Waals surface area contributed by atoms with Gasteiger partial charge in [0.05, 0.1) is 0 Å². The topological polar surface area (TPSA) is 42.2 Å². The van der Waals surface area contributed by atoms with E-state index in [2.05, 4.69) is 48.5 Å². The zero-order chi connectivity index (χ0) is 13.1. The number of anilines is 1. The molecule has 0 amide bonds. The van der Waals surface area contributed by atoms with Crippen molar-refractivity contribution in [3.63, 3.8) is 0 Å². The lowest BCUT2D eigenvalue weighted by Crippen LogP contribution is -2.38. The highest BCUT2D eigenvalue weighted by molar-refractivity contribution is 8.00. The molecule has 0 spiro atoms. The van der Waals surface area contributed by atoms with Crippen molar-refractivity contribution in [1.82, 2.24) is 4.98 Å². The zero-order valence-electron chi connectivity index (χ0n) is 11.6. The fourth-order valence-corrected chi connectivity index (χ4v) is 3.73. The molecule has 100 valence electrons. The van der Waals surface area contributed by atoms with Crippen LogP contribution in [0.25, 0.3) is 0 Å². The molecule has 2 rings (SSSR count). The highest BCUT2D eigenvalue weighted by Crippen LogP contribution is 2.29. The van der Waals surface area contributed by atoms with Gasteiger partial charge >= 0.3 is 0 Å². The van der Waals surface area contributed by atoms with E-state index in [0.717, 1.165) is 29.7 Å². The molecule has 1 atom stereocenters. The van der Waals surface area contributed by atoms with Crippen molar-refractivity contribution in [3.8, 4) is 0 Å². The Bertz CT molecular complexity index is 420. The third-order valence-electron chi connectivity index (χ3n) is 3.57. The molecule has 0 radical (unpaired) electrons. The average Bonchev–Trinajstić information content (AvgIpc) is 2.38. The summed E-state index contributed by atoms with van der Waals surface area (Å²) in [5, 5.41) is 0.748. The van der Waals surface area contributed by atoms with E-state index in [0.29, 0.717) is 6.54 Å². The van der Waals surface area contributed by atoms with Crippen molar-refractivity contribution < 1.29 is 0 Å². The zero-order valence-corrected chi connectivity index (χ0v) is 12.4. The summed E-state index contributed by atoms with van der Waals surface area (Å²) in [6.07, 6.45) is 1.24. The number of aromatic nitrogens is 1. The summed E-state index contributed by atoms with van der Waals surface area (Å²) in [4.78, 5) is 7.02. The van der Waals surface area contributed by atoms with Crippen molar-refractivity contribution in [1.29, 1.82) is 0 Å². The highest BCUT2D eigenvalue weighted by atomic mass is 32.2. The first-order chi connectivity index (χ1) is 8.65. The Morgan fingerprint density at radius 1 is 1.50 bits per heavy atom. The molecule has 3 nitrogen and oxygen atoms in total. The molecule has 0 aliphatic carbocycles. The summed E-state index contributed by atoms with van der Waals surface area (Å²) in [5.41, 5.74) is 10.6. The van der Waals surface area contributed by atoms with E-state index >= 15 is 0 Å². The van der Waals surface area contributed by atoms with Gasteiger partial charge in [-0.05, 0) is 26.3 Å². The number of nitrogens with two attached hydrogens (primary N) is 1. The molecule has 4 heteroatoms. The minimum Gasteiger partial charge on any atom is -0.369 e. The van der Waals surface area contributed by atoms with Crippen LogP contribution in [0.1, 0.15) is 30.3 Å². The van der Waals surface area contributed by atoms with Crippen LogP contribution in [0, 0.1) is 13.8 Å². The fourth-order valence-electron chi connectivity index (χ4n) is 2.55. The molecule has 1 aliphatic heterocycles. The summed E-state index contributed by atoms with van der Waals surface area (Å²) in [6, 6.07) is 2.19. The van der Waals surface area contributed by atoms with Gasteiger partial charge in [0.1, 0.15) is 0 Å². The molecule has 0 bridgehead atoms. The summed E-state index contributed by atoms with van der Waals surface area (Å²) in [6.45, 7) is 9.23. The SMILES string of the molecule is CCC1CN(c2cc(C)nc(C)c2CN)CCS1. The second kappa shape index (κ2) is 5.93. The van der Waals surface area contributed by atoms with E-state index in [4.69, 9.17) is 5.73 Å². The lowest BCUT2D eigenvalue weighted by Gasteiger charge is -2.35. The fraction of sp³-hybridized carbons (Fsp3) is 0.643. The summed E-state index contributed by atoms with van der Waals surface area (Å²) < 4.78 is 0.